The molecule has 0 saturated carbocycles. The van der Waals surface area contributed by atoms with Crippen LogP contribution in [0.3, 0.4) is 0 Å². The van der Waals surface area contributed by atoms with Gasteiger partial charge in [0.15, 0.2) is 8.07 Å². The average molecular weight is 1390 g/mol. The second kappa shape index (κ2) is 32.8. The molecule has 0 N–H and O–H groups in total. The molecule has 22 heteroatoms. The van der Waals surface area contributed by atoms with Gasteiger partial charge in [0, 0.05) is 133 Å². The predicted molar refractivity (Wildman–Crippen MR) is 376 cm³/mol. The van der Waals surface area contributed by atoms with Crippen LogP contribution in [0.5, 0.6) is 0 Å². The smallest absolute Gasteiger partial charge is 0.355 e. The van der Waals surface area contributed by atoms with E-state index in [1.165, 1.54) is 81.3 Å². The molecule has 0 aliphatic heterocycles. The molecule has 7 aromatic heterocycles. The molecule has 12 aromatic rings. The quantitative estimate of drug-likeness (QED) is 0.0891. The highest BCUT2D eigenvalue weighted by Crippen LogP contribution is 2.42. The lowest BCUT2D eigenvalue weighted by atomic mass is 10.1. The molecular weight excluding hydrogens is 1310 g/mol. The fourth-order valence-corrected chi connectivity index (χ4v) is 20.0. The number of alkyl halides is 12. The average Bonchev–Trinajstić information content (AvgIpc) is 1.29. The van der Waals surface area contributed by atoms with E-state index in [9.17, 15) is 52.7 Å². The van der Waals surface area contributed by atoms with Crippen molar-refractivity contribution in [3.05, 3.63) is 300 Å². The van der Waals surface area contributed by atoms with Crippen molar-refractivity contribution in [1.82, 2.24) is 37.0 Å². The molecule has 5 aromatic carbocycles. The Bertz CT molecular complexity index is 4150. The van der Waals surface area contributed by atoms with E-state index >= 15 is 0 Å². The van der Waals surface area contributed by atoms with Crippen LogP contribution in [0.15, 0.2) is 238 Å². The summed E-state index contributed by atoms with van der Waals surface area (Å²) in [5, 5.41) is 10.1. The lowest BCUT2D eigenvalue weighted by Gasteiger charge is -2.33. The molecule has 0 fully saturated rings. The molecule has 0 saturated heterocycles. The van der Waals surface area contributed by atoms with Gasteiger partial charge in [0.2, 0.25) is 0 Å². The molecule has 12 rings (SSSR count). The van der Waals surface area contributed by atoms with Crippen LogP contribution in [-0.4, -0.2) is 53.1 Å². The highest BCUT2D eigenvalue weighted by atomic mass is 28.3. The van der Waals surface area contributed by atoms with Crippen molar-refractivity contribution in [3.8, 4) is 0 Å². The predicted octanol–water partition coefficient (Wildman–Crippen LogP) is 15.3. The number of nitrogens with zero attached hydrogens (tertiary/aromatic N) is 8. The summed E-state index contributed by atoms with van der Waals surface area (Å²) in [6.45, 7) is 15.1. The van der Waals surface area contributed by atoms with Crippen LogP contribution in [0.1, 0.15) is 62.1 Å². The zero-order valence-corrected chi connectivity index (χ0v) is 59.6. The van der Waals surface area contributed by atoms with Gasteiger partial charge in [0.05, 0.1) is 28.6 Å². The van der Waals surface area contributed by atoms with E-state index in [-0.39, 0.29) is 5.69 Å². The Balaban J connectivity index is 0.000000190. The Kier molecular flexibility index (Phi) is 25.9. The number of rotatable bonds is 7. The number of halogens is 12. The molecular formula is C76H84F12N8Si2. The normalized spacial score (nSPS) is 11.6. The van der Waals surface area contributed by atoms with Gasteiger partial charge in [-0.05, 0) is 121 Å². The SMILES string of the molecule is Cc1c(C(F)(F)F)c(C(F)(F)F)cn1C.Cc1c(C(F)(F)F)ccn1C.Cc1c([Si](C)(c2ccccc2)c2ccccc2)ccn1C.Cc1cc(C(F)(F)F)cn1C.Cc1cc([Si](c2ccccc2)(c2ccccc2)c2ccccc2)cn1C.Cc1cccn1C.Cc1cncn1C. The third-order valence-corrected chi connectivity index (χ3v) is 26.9. The number of aryl methyl sites for hydroxylation is 11. The number of aromatic nitrogens is 8. The Labute approximate surface area is 568 Å². The molecule has 0 aliphatic carbocycles. The molecule has 98 heavy (non-hydrogen) atoms. The summed E-state index contributed by atoms with van der Waals surface area (Å²) < 4.78 is 158. The Hall–Kier alpha value is -9.42. The molecule has 0 aliphatic rings. The van der Waals surface area contributed by atoms with Gasteiger partial charge in [0.25, 0.3) is 0 Å². The van der Waals surface area contributed by atoms with Crippen molar-refractivity contribution in [1.29, 1.82) is 0 Å². The second-order valence-electron chi connectivity index (χ2n) is 24.0. The first-order chi connectivity index (χ1) is 45.9. The van der Waals surface area contributed by atoms with Crippen LogP contribution in [0.4, 0.5) is 52.7 Å². The van der Waals surface area contributed by atoms with E-state index in [0.717, 1.165) is 36.9 Å². The fourth-order valence-electron chi connectivity index (χ4n) is 11.1. The summed E-state index contributed by atoms with van der Waals surface area (Å²) in [6.07, 6.45) is -5.32. The van der Waals surface area contributed by atoms with Crippen molar-refractivity contribution in [2.45, 2.75) is 79.7 Å². The van der Waals surface area contributed by atoms with Crippen molar-refractivity contribution in [2.24, 2.45) is 49.3 Å². The van der Waals surface area contributed by atoms with Gasteiger partial charge < -0.3 is 32.0 Å². The third kappa shape index (κ3) is 19.0. The van der Waals surface area contributed by atoms with Gasteiger partial charge >= 0.3 is 24.7 Å². The van der Waals surface area contributed by atoms with Crippen molar-refractivity contribution in [2.75, 3.05) is 0 Å². The number of imidazole rings is 1. The van der Waals surface area contributed by atoms with Crippen molar-refractivity contribution in [3.63, 3.8) is 0 Å². The monoisotopic (exact) mass is 1390 g/mol. The van der Waals surface area contributed by atoms with Gasteiger partial charge in [0.1, 0.15) is 8.07 Å². The maximum atomic E-state index is 12.3. The second-order valence-corrected chi connectivity index (χ2v) is 31.8. The van der Waals surface area contributed by atoms with E-state index in [2.05, 4.69) is 242 Å². The first kappa shape index (κ1) is 77.6. The summed E-state index contributed by atoms with van der Waals surface area (Å²) >= 11 is 0. The number of hydrogen-bond acceptors (Lipinski definition) is 1. The molecule has 7 heterocycles. The first-order valence-electron chi connectivity index (χ1n) is 31.1. The van der Waals surface area contributed by atoms with Gasteiger partial charge in [-0.25, -0.2) is 4.98 Å². The molecule has 0 atom stereocenters. The van der Waals surface area contributed by atoms with Crippen LogP contribution in [0, 0.1) is 48.5 Å². The van der Waals surface area contributed by atoms with Crippen LogP contribution in [-0.2, 0) is 74.0 Å². The minimum atomic E-state index is -4.99. The van der Waals surface area contributed by atoms with Crippen LogP contribution in [0.25, 0.3) is 0 Å². The topological polar surface area (TPSA) is 47.4 Å². The van der Waals surface area contributed by atoms with Crippen LogP contribution < -0.4 is 36.3 Å². The first-order valence-corrected chi connectivity index (χ1v) is 35.6. The fraction of sp³-hybridized carbons (Fsp3) is 0.250. The maximum absolute atomic E-state index is 12.3. The van der Waals surface area contributed by atoms with Crippen LogP contribution in [0.2, 0.25) is 6.55 Å². The van der Waals surface area contributed by atoms with Crippen molar-refractivity contribution < 1.29 is 52.7 Å². The van der Waals surface area contributed by atoms with E-state index in [1.54, 1.807) is 27.3 Å². The molecule has 8 nitrogen and oxygen atoms in total. The van der Waals surface area contributed by atoms with E-state index in [4.69, 9.17) is 0 Å². The molecule has 0 radical (unpaired) electrons. The zero-order valence-electron chi connectivity index (χ0n) is 57.6. The minimum Gasteiger partial charge on any atom is -0.355 e. The molecule has 0 spiro atoms. The number of benzene rings is 5. The van der Waals surface area contributed by atoms with Crippen molar-refractivity contribution >= 4 is 52.5 Å². The van der Waals surface area contributed by atoms with Gasteiger partial charge in [-0.3, -0.25) is 0 Å². The Morgan fingerprint density at radius 1 is 0.316 bits per heavy atom. The van der Waals surface area contributed by atoms with E-state index in [1.807, 2.05) is 44.0 Å². The molecule has 0 bridgehead atoms. The maximum Gasteiger partial charge on any atom is 0.418 e. The largest absolute Gasteiger partial charge is 0.418 e. The minimum absolute atomic E-state index is 0.248. The third-order valence-electron chi connectivity index (χ3n) is 17.5. The zero-order chi connectivity index (χ0) is 72.7. The van der Waals surface area contributed by atoms with E-state index < -0.39 is 68.8 Å². The molecule has 520 valence electrons. The summed E-state index contributed by atoms with van der Waals surface area (Å²) in [7, 11) is 8.34. The summed E-state index contributed by atoms with van der Waals surface area (Å²) in [4.78, 5) is 3.88. The Morgan fingerprint density at radius 2 is 0.735 bits per heavy atom. The van der Waals surface area contributed by atoms with Gasteiger partial charge in [-0.15, -0.1) is 0 Å². The Morgan fingerprint density at radius 3 is 0.980 bits per heavy atom. The highest BCUT2D eigenvalue weighted by Gasteiger charge is 2.46. The van der Waals surface area contributed by atoms with E-state index in [0.29, 0.717) is 11.9 Å². The summed E-state index contributed by atoms with van der Waals surface area (Å²) in [5.41, 5.74) is 1.17. The van der Waals surface area contributed by atoms with Gasteiger partial charge in [-0.2, -0.15) is 52.7 Å². The van der Waals surface area contributed by atoms with Crippen LogP contribution >= 0.6 is 0 Å². The number of hydrogen-bond donors (Lipinski definition) is 0. The molecule has 0 unspecified atom stereocenters. The lowest BCUT2D eigenvalue weighted by Crippen LogP contribution is -2.74. The lowest BCUT2D eigenvalue weighted by molar-refractivity contribution is -0.161. The highest BCUT2D eigenvalue weighted by molar-refractivity contribution is 7.20. The molecule has 0 amide bonds. The van der Waals surface area contributed by atoms with Gasteiger partial charge in [-0.1, -0.05) is 158 Å². The summed E-state index contributed by atoms with van der Waals surface area (Å²) in [5.74, 6) is 0. The summed E-state index contributed by atoms with van der Waals surface area (Å²) in [6, 6.07) is 66.1. The standard InChI is InChI=1S/C24H23NSi.C19H21NSi.C8H7F6N.2C7H8F3N.C6H9N.C5H8N2/c1-20-18-24(19-25(20)2)26(21-12-6-3-7-13-21,22-14-8-4-9-15-22)23-16-10-5-11-17-23;1-16-19(14-15-20(16)2)21(3,17-10-6-4-7-11-17)18-12-8-5-9-13-18;1-4-6(8(12,13)14)5(3-15(4)2)7(9,10)11;1-5-3-6(4-11(5)2)7(8,9)10;1-5-6(7(8,9)10)3-4-11(5)2;1-6-4-3-5-7(6)2;1-5-3-6-4-7(5)2/h3-19H,1-2H3;4-15H,1-3H3;3H,1-2H3;2*3-4H,1-2H3;3-5H,1-2H3;3-4H,1-2H3.